The van der Waals surface area contributed by atoms with Crippen LogP contribution in [0.25, 0.3) is 5.69 Å². The Kier molecular flexibility index (Phi) is 4.33. The van der Waals surface area contributed by atoms with Gasteiger partial charge in [-0.2, -0.15) is 0 Å². The van der Waals surface area contributed by atoms with Gasteiger partial charge in [-0.25, -0.2) is 4.68 Å². The highest BCUT2D eigenvalue weighted by molar-refractivity contribution is 5.76. The van der Waals surface area contributed by atoms with Crippen LogP contribution in [0.15, 0.2) is 48.7 Å². The predicted molar refractivity (Wildman–Crippen MR) is 98.5 cm³/mol. The molecule has 0 aliphatic rings. The van der Waals surface area contributed by atoms with Crippen LogP contribution >= 0.6 is 0 Å². The van der Waals surface area contributed by atoms with E-state index in [1.54, 1.807) is 11.8 Å². The van der Waals surface area contributed by atoms with E-state index in [1.807, 2.05) is 62.5 Å². The summed E-state index contributed by atoms with van der Waals surface area (Å²) in [5.74, 6) is 2.04. The molecule has 128 valence electrons. The second-order valence-electron chi connectivity index (χ2n) is 5.60. The van der Waals surface area contributed by atoms with Gasteiger partial charge in [0.1, 0.15) is 11.5 Å². The topological polar surface area (TPSA) is 72.2 Å². The maximum atomic E-state index is 6.83. The van der Waals surface area contributed by atoms with Gasteiger partial charge in [0.15, 0.2) is 1.41 Å². The molecule has 0 atom stereocenters. The lowest BCUT2D eigenvalue weighted by atomic mass is 10.1. The van der Waals surface area contributed by atoms with Crippen molar-refractivity contribution in [1.82, 2.24) is 9.78 Å². The number of anilines is 1. The largest absolute Gasteiger partial charge is 0.497 e. The highest BCUT2D eigenvalue weighted by Gasteiger charge is 2.09. The van der Waals surface area contributed by atoms with Gasteiger partial charge in [0, 0.05) is 18.0 Å². The molecule has 0 aliphatic carbocycles. The molecule has 3 aromatic rings. The molecule has 0 unspecified atom stereocenters. The van der Waals surface area contributed by atoms with Crippen LogP contribution in [0.5, 0.6) is 17.4 Å². The van der Waals surface area contributed by atoms with E-state index in [0.717, 1.165) is 34.0 Å². The molecule has 3 rings (SSSR count). The van der Waals surface area contributed by atoms with Gasteiger partial charge in [-0.1, -0.05) is 0 Å². The summed E-state index contributed by atoms with van der Waals surface area (Å²) >= 11 is 0. The molecule has 0 radical (unpaired) electrons. The number of benzene rings is 2. The van der Waals surface area contributed by atoms with Crippen molar-refractivity contribution in [1.29, 1.82) is 5.40 Å². The van der Waals surface area contributed by atoms with Gasteiger partial charge in [-0.15, -0.1) is 5.10 Å². The third kappa shape index (κ3) is 3.63. The monoisotopic (exact) mass is 336 g/mol. The van der Waals surface area contributed by atoms with Crippen LogP contribution in [-0.4, -0.2) is 23.2 Å². The highest BCUT2D eigenvalue weighted by atomic mass is 16.5. The Labute approximate surface area is 148 Å². The molecule has 0 saturated heterocycles. The smallest absolute Gasteiger partial charge is 0.238 e. The second-order valence-corrected chi connectivity index (χ2v) is 5.60. The Morgan fingerprint density at radius 3 is 2.68 bits per heavy atom. The number of ether oxygens (including phenoxy) is 2. The molecule has 6 heteroatoms. The molecule has 0 amide bonds. The zero-order valence-corrected chi connectivity index (χ0v) is 14.4. The van der Waals surface area contributed by atoms with E-state index >= 15 is 0 Å². The number of nitrogens with zero attached hydrogens (tertiary/aromatic N) is 2. The molecular formula is C19H20N4O2. The third-order valence-electron chi connectivity index (χ3n) is 3.86. The minimum absolute atomic E-state index is 0.511. The molecule has 0 fully saturated rings. The van der Waals surface area contributed by atoms with Gasteiger partial charge < -0.3 is 14.8 Å². The first-order chi connectivity index (χ1) is 12.6. The lowest BCUT2D eigenvalue weighted by molar-refractivity contribution is 0.414. The number of hydrogen-bond acceptors (Lipinski definition) is 4. The van der Waals surface area contributed by atoms with E-state index in [1.165, 1.54) is 6.34 Å². The summed E-state index contributed by atoms with van der Waals surface area (Å²) in [6.07, 6.45) is 3.18. The summed E-state index contributed by atoms with van der Waals surface area (Å²) in [4.78, 5) is 0. The SMILES string of the molecule is [H]/N=C/Nc1cc(C)c(Oc2ccn(-c3ccc(OC)cc3)n2)cc1C. The standard InChI is InChI=1S/C19H20N4O2/c1-13-11-18(14(2)10-17(13)21-12-20)25-19-8-9-23(22-19)15-4-6-16(24-3)7-5-15/h4-12H,1-3H3,(H2,20,21). The fourth-order valence-electron chi connectivity index (χ4n) is 2.48. The molecule has 1 aromatic heterocycles. The van der Waals surface area contributed by atoms with Crippen molar-refractivity contribution in [3.05, 3.63) is 59.8 Å². The van der Waals surface area contributed by atoms with Crippen molar-refractivity contribution < 1.29 is 10.9 Å². The lowest BCUT2D eigenvalue weighted by Crippen LogP contribution is -1.99. The second kappa shape index (κ2) is 7.09. The molecular weight excluding hydrogens is 316 g/mol. The molecule has 1 heterocycles. The van der Waals surface area contributed by atoms with Crippen molar-refractivity contribution in [3.63, 3.8) is 0 Å². The van der Waals surface area contributed by atoms with Crippen LogP contribution in [-0.2, 0) is 0 Å². The van der Waals surface area contributed by atoms with Crippen molar-refractivity contribution >= 4 is 12.0 Å². The highest BCUT2D eigenvalue weighted by Crippen LogP contribution is 2.29. The predicted octanol–water partition coefficient (Wildman–Crippen LogP) is 4.31. The van der Waals surface area contributed by atoms with Gasteiger partial charge in [0.2, 0.25) is 5.88 Å². The number of aromatic nitrogens is 2. The summed E-state index contributed by atoms with van der Waals surface area (Å²) in [5, 5.41) is 10.6. The van der Waals surface area contributed by atoms with Crippen molar-refractivity contribution in [3.8, 4) is 23.1 Å². The van der Waals surface area contributed by atoms with Crippen LogP contribution < -0.4 is 14.8 Å². The van der Waals surface area contributed by atoms with E-state index in [4.69, 9.17) is 10.9 Å². The first kappa shape index (κ1) is 15.3. The molecule has 2 aromatic carbocycles. The summed E-state index contributed by atoms with van der Waals surface area (Å²) in [7, 11) is 1.64. The van der Waals surface area contributed by atoms with Crippen LogP contribution in [0, 0.1) is 19.2 Å². The molecule has 0 bridgehead atoms. The maximum absolute atomic E-state index is 6.83. The lowest BCUT2D eigenvalue weighted by Gasteiger charge is -2.11. The average molecular weight is 336 g/mol. The van der Waals surface area contributed by atoms with Crippen LogP contribution in [0.1, 0.15) is 11.1 Å². The van der Waals surface area contributed by atoms with E-state index in [0.29, 0.717) is 5.88 Å². The molecule has 6 nitrogen and oxygen atoms in total. The van der Waals surface area contributed by atoms with E-state index in [-0.39, 0.29) is 0 Å². The third-order valence-corrected chi connectivity index (χ3v) is 3.86. The first-order valence-electron chi connectivity index (χ1n) is 8.27. The molecule has 0 spiro atoms. The Morgan fingerprint density at radius 1 is 1.16 bits per heavy atom. The molecule has 0 saturated carbocycles. The van der Waals surface area contributed by atoms with Crippen LogP contribution in [0.3, 0.4) is 0 Å². The summed E-state index contributed by atoms with van der Waals surface area (Å²) in [5.41, 5.74) is 3.74. The summed E-state index contributed by atoms with van der Waals surface area (Å²) in [6.45, 7) is 3.92. The molecule has 2 N–H and O–H groups in total. The van der Waals surface area contributed by atoms with Crippen molar-refractivity contribution in [2.24, 2.45) is 0 Å². The molecule has 25 heavy (non-hydrogen) atoms. The zero-order valence-electron chi connectivity index (χ0n) is 15.4. The minimum atomic E-state index is 0.511. The van der Waals surface area contributed by atoms with Gasteiger partial charge in [-0.3, -0.25) is 5.40 Å². The number of hydrogen-bond donors (Lipinski definition) is 2. The normalized spacial score (nSPS) is 11.4. The van der Waals surface area contributed by atoms with Gasteiger partial charge in [0.25, 0.3) is 0 Å². The van der Waals surface area contributed by atoms with Crippen LogP contribution in [0.2, 0.25) is 1.41 Å². The Balaban J connectivity index is 1.79. The number of rotatable bonds is 6. The average Bonchev–Trinajstić information content (AvgIpc) is 3.12. The van der Waals surface area contributed by atoms with E-state index in [2.05, 4.69) is 15.8 Å². The van der Waals surface area contributed by atoms with Crippen molar-refractivity contribution in [2.45, 2.75) is 13.8 Å². The summed E-state index contributed by atoms with van der Waals surface area (Å²) < 4.78 is 19.7. The molecule has 0 aliphatic heterocycles. The zero-order chi connectivity index (χ0) is 18.5. The van der Waals surface area contributed by atoms with E-state index in [9.17, 15) is 0 Å². The number of methoxy groups -OCH3 is 1. The van der Waals surface area contributed by atoms with Gasteiger partial charge in [0.05, 0.1) is 19.1 Å². The summed E-state index contributed by atoms with van der Waals surface area (Å²) in [6, 6.07) is 13.3. The van der Waals surface area contributed by atoms with E-state index < -0.39 is 0 Å². The Bertz CT molecular complexity index is 920. The minimum Gasteiger partial charge on any atom is -0.497 e. The number of nitrogens with one attached hydrogen (secondary N) is 2. The van der Waals surface area contributed by atoms with Gasteiger partial charge >= 0.3 is 0 Å². The Morgan fingerprint density at radius 2 is 1.96 bits per heavy atom. The fraction of sp³-hybridized carbons (Fsp3) is 0.158. The maximum Gasteiger partial charge on any atom is 0.238 e. The fourth-order valence-corrected chi connectivity index (χ4v) is 2.48. The Hall–Kier alpha value is -3.28. The van der Waals surface area contributed by atoms with Crippen molar-refractivity contribution in [2.75, 3.05) is 12.4 Å². The quantitative estimate of drug-likeness (QED) is 0.520. The van der Waals surface area contributed by atoms with Gasteiger partial charge in [-0.05, 0) is 61.4 Å². The van der Waals surface area contributed by atoms with Crippen LogP contribution in [0.4, 0.5) is 5.69 Å². The number of aryl methyl sites for hydroxylation is 2. The first-order valence-corrected chi connectivity index (χ1v) is 7.82.